The van der Waals surface area contributed by atoms with Gasteiger partial charge in [0.25, 0.3) is 0 Å². The third kappa shape index (κ3) is 8.36. The number of hydrogen-bond acceptors (Lipinski definition) is 9. The zero-order valence-electron chi connectivity index (χ0n) is 46.9. The van der Waals surface area contributed by atoms with E-state index in [1.54, 1.807) is 12.2 Å². The van der Waals surface area contributed by atoms with Gasteiger partial charge < -0.3 is 20.4 Å². The summed E-state index contributed by atoms with van der Waals surface area (Å²) in [6.07, 6.45) is 31.2. The zero-order valence-corrected chi connectivity index (χ0v) is 46.9. The molecule has 8 saturated carbocycles. The molecule has 9 nitrogen and oxygen atoms in total. The smallest absolute Gasteiger partial charge is 0.190 e. The molecule has 408 valence electrons. The molecule has 0 heterocycles. The SMILES string of the molecule is C=C(CO)C1(O)CCC2C3CCCC(C)C3C(=O)C21C.CC(C)CCCC(C)C1CCC2C3C=CC4=CC(=O)CCC4(C)C3CCC12C.CC12C=CC(=O)C=C1CCC1C2C(=O)CC2(C)C1CCC2(O)C(=O)CO. The molecule has 0 aromatic rings. The number of Topliss-reactive ketones (excluding diaryl/α,β-unsaturated/α-hetero) is 3. The second-order valence-corrected chi connectivity index (χ2v) is 28.1. The molecular formula is C65H94O9. The Kier molecular flexibility index (Phi) is 15.0. The summed E-state index contributed by atoms with van der Waals surface area (Å²) in [5, 5.41) is 41.0. The summed E-state index contributed by atoms with van der Waals surface area (Å²) in [5.41, 5.74) is -1.27. The number of ketones is 5. The molecule has 11 aliphatic rings. The van der Waals surface area contributed by atoms with Crippen LogP contribution in [-0.2, 0) is 24.0 Å². The minimum absolute atomic E-state index is 0.0206. The Morgan fingerprint density at radius 2 is 1.45 bits per heavy atom. The van der Waals surface area contributed by atoms with Crippen molar-refractivity contribution in [3.63, 3.8) is 0 Å². The Bertz CT molecular complexity index is 2410. The summed E-state index contributed by atoms with van der Waals surface area (Å²) in [4.78, 5) is 62.5. The lowest BCUT2D eigenvalue weighted by Gasteiger charge is -2.56. The van der Waals surface area contributed by atoms with E-state index in [1.807, 2.05) is 32.9 Å². The lowest BCUT2D eigenvalue weighted by molar-refractivity contribution is -0.168. The number of aliphatic hydroxyl groups is 4. The molecular weight excluding hydrogens is 925 g/mol. The summed E-state index contributed by atoms with van der Waals surface area (Å²) in [7, 11) is 0. The maximum Gasteiger partial charge on any atom is 0.190 e. The Hall–Kier alpha value is -3.11. The van der Waals surface area contributed by atoms with Crippen LogP contribution >= 0.6 is 0 Å². The van der Waals surface area contributed by atoms with E-state index in [4.69, 9.17) is 0 Å². The van der Waals surface area contributed by atoms with E-state index >= 15 is 0 Å². The quantitative estimate of drug-likeness (QED) is 0.164. The van der Waals surface area contributed by atoms with E-state index in [-0.39, 0.29) is 65.4 Å². The van der Waals surface area contributed by atoms with Gasteiger partial charge in [0.15, 0.2) is 17.3 Å². The van der Waals surface area contributed by atoms with Crippen LogP contribution < -0.4 is 0 Å². The van der Waals surface area contributed by atoms with E-state index in [0.29, 0.717) is 47.9 Å². The first-order valence-electron chi connectivity index (χ1n) is 29.6. The fourth-order valence-corrected chi connectivity index (χ4v) is 20.3. The molecule has 0 aromatic heterocycles. The zero-order chi connectivity index (χ0) is 53.7. The lowest BCUT2D eigenvalue weighted by Crippen LogP contribution is -2.60. The van der Waals surface area contributed by atoms with Gasteiger partial charge in [0, 0.05) is 35.5 Å². The summed E-state index contributed by atoms with van der Waals surface area (Å²) >= 11 is 0. The van der Waals surface area contributed by atoms with Gasteiger partial charge in [-0.25, -0.2) is 0 Å². The number of aliphatic hydroxyl groups excluding tert-OH is 2. The summed E-state index contributed by atoms with van der Waals surface area (Å²) in [5.74, 6) is 6.18. The third-order valence-electron chi connectivity index (χ3n) is 24.5. The van der Waals surface area contributed by atoms with Crippen LogP contribution in [0.4, 0.5) is 0 Å². The maximum absolute atomic E-state index is 13.3. The van der Waals surface area contributed by atoms with Crippen molar-refractivity contribution in [1.82, 2.24) is 0 Å². The van der Waals surface area contributed by atoms with E-state index in [0.717, 1.165) is 86.0 Å². The first-order valence-corrected chi connectivity index (χ1v) is 29.6. The van der Waals surface area contributed by atoms with Crippen molar-refractivity contribution >= 4 is 28.9 Å². The van der Waals surface area contributed by atoms with E-state index in [9.17, 15) is 44.4 Å². The second-order valence-electron chi connectivity index (χ2n) is 28.1. The predicted octanol–water partition coefficient (Wildman–Crippen LogP) is 11.5. The number of fused-ring (bicyclic) bond motifs is 13. The van der Waals surface area contributed by atoms with Gasteiger partial charge in [-0.3, -0.25) is 24.0 Å². The molecule has 4 N–H and O–H groups in total. The molecule has 0 aliphatic heterocycles. The standard InChI is InChI=1S/C27H42O.C21H26O5.C17H26O3/c1-18(2)7-6-8-19(3)23-11-12-24-22-10-9-20-17-21(28)13-15-26(20,4)25(22)14-16-27(23,24)5;1-19-7-5-13(23)9-12(19)3-4-14-15-6-8-21(26,17(25)11-22)20(15,2)10-16(24)18(14)19;1-10-5-4-6-12-13-7-8-17(20,11(2)9-18)16(13,3)15(19)14(10)12/h9-10,17-19,22-25H,6-8,11-16H2,1-5H3;5,7,9,14-15,18,22,26H,3-4,6,8,10-11H2,1-2H3;10,12-14,18,20H,2,4-9H2,1,3H3. The molecule has 9 heteroatoms. The van der Waals surface area contributed by atoms with Crippen LogP contribution in [0.25, 0.3) is 0 Å². The highest BCUT2D eigenvalue weighted by Crippen LogP contribution is 2.69. The topological polar surface area (TPSA) is 166 Å². The Morgan fingerprint density at radius 3 is 2.15 bits per heavy atom. The second kappa shape index (κ2) is 20.0. The number of carbonyl (C=O) groups excluding carboxylic acids is 5. The van der Waals surface area contributed by atoms with Crippen LogP contribution in [0.2, 0.25) is 0 Å². The third-order valence-corrected chi connectivity index (χ3v) is 24.5. The van der Waals surface area contributed by atoms with Gasteiger partial charge in [0.05, 0.1) is 12.0 Å². The van der Waals surface area contributed by atoms with Gasteiger partial charge in [-0.2, -0.15) is 0 Å². The average Bonchev–Trinajstić information content (AvgIpc) is 4.03. The molecule has 19 unspecified atom stereocenters. The molecule has 0 amide bonds. The molecule has 0 saturated heterocycles. The monoisotopic (exact) mass is 1020 g/mol. The Balaban J connectivity index is 0.000000138. The van der Waals surface area contributed by atoms with Gasteiger partial charge in [-0.15, -0.1) is 0 Å². The Labute approximate surface area is 444 Å². The maximum atomic E-state index is 13.3. The average molecular weight is 1020 g/mol. The molecule has 11 aliphatic carbocycles. The van der Waals surface area contributed by atoms with E-state index in [1.165, 1.54) is 56.9 Å². The van der Waals surface area contributed by atoms with Gasteiger partial charge in [-0.05, 0) is 196 Å². The Morgan fingerprint density at radius 1 is 0.743 bits per heavy atom. The van der Waals surface area contributed by atoms with E-state index in [2.05, 4.69) is 60.3 Å². The molecule has 0 spiro atoms. The fourth-order valence-electron chi connectivity index (χ4n) is 20.3. The van der Waals surface area contributed by atoms with Gasteiger partial charge in [0.2, 0.25) is 0 Å². The van der Waals surface area contributed by atoms with Crippen LogP contribution in [0.1, 0.15) is 184 Å². The van der Waals surface area contributed by atoms with Gasteiger partial charge in [-0.1, -0.05) is 111 Å². The first kappa shape index (κ1) is 55.6. The highest BCUT2D eigenvalue weighted by atomic mass is 16.3. The van der Waals surface area contributed by atoms with Crippen molar-refractivity contribution in [3.05, 3.63) is 59.8 Å². The van der Waals surface area contributed by atoms with E-state index < -0.39 is 39.8 Å². The van der Waals surface area contributed by atoms with Crippen molar-refractivity contribution in [3.8, 4) is 0 Å². The lowest BCUT2D eigenvalue weighted by atomic mass is 9.46. The van der Waals surface area contributed by atoms with Crippen molar-refractivity contribution in [2.45, 2.75) is 196 Å². The van der Waals surface area contributed by atoms with Crippen molar-refractivity contribution in [1.29, 1.82) is 0 Å². The largest absolute Gasteiger partial charge is 0.392 e. The fraction of sp³-hybridized carbons (Fsp3) is 0.769. The molecule has 74 heavy (non-hydrogen) atoms. The molecule has 0 aromatic carbocycles. The normalized spacial score (nSPS) is 46.7. The van der Waals surface area contributed by atoms with Crippen molar-refractivity contribution < 1.29 is 44.4 Å². The molecule has 8 fully saturated rings. The molecule has 19 atom stereocenters. The van der Waals surface area contributed by atoms with Gasteiger partial charge in [0.1, 0.15) is 29.4 Å². The predicted molar refractivity (Wildman–Crippen MR) is 289 cm³/mol. The molecule has 0 radical (unpaired) electrons. The minimum Gasteiger partial charge on any atom is -0.392 e. The number of hydrogen-bond donors (Lipinski definition) is 4. The van der Waals surface area contributed by atoms with Crippen molar-refractivity contribution in [2.75, 3.05) is 13.2 Å². The highest BCUT2D eigenvalue weighted by molar-refractivity contribution is 6.02. The summed E-state index contributed by atoms with van der Waals surface area (Å²) in [6.45, 7) is 23.3. The number of rotatable bonds is 9. The van der Waals surface area contributed by atoms with Crippen LogP contribution in [0, 0.1) is 104 Å². The number of carbonyl (C=O) groups is 5. The van der Waals surface area contributed by atoms with Crippen LogP contribution in [0.3, 0.4) is 0 Å². The van der Waals surface area contributed by atoms with Crippen LogP contribution in [-0.4, -0.2) is 73.8 Å². The summed E-state index contributed by atoms with van der Waals surface area (Å²) in [6, 6.07) is 0. The number of allylic oxidation sites excluding steroid dienone is 8. The highest BCUT2D eigenvalue weighted by Gasteiger charge is 2.71. The molecule has 11 rings (SSSR count). The van der Waals surface area contributed by atoms with Crippen LogP contribution in [0.15, 0.2) is 59.8 Å². The molecule has 0 bridgehead atoms. The first-order chi connectivity index (χ1) is 34.8. The van der Waals surface area contributed by atoms with Gasteiger partial charge >= 0.3 is 0 Å². The van der Waals surface area contributed by atoms with Crippen molar-refractivity contribution in [2.24, 2.45) is 104 Å². The summed E-state index contributed by atoms with van der Waals surface area (Å²) < 4.78 is 0. The minimum atomic E-state index is -1.62. The van der Waals surface area contributed by atoms with Crippen LogP contribution in [0.5, 0.6) is 0 Å².